The Hall–Kier alpha value is -0.620. The highest BCUT2D eigenvalue weighted by atomic mass is 35.5. The van der Waals surface area contributed by atoms with Gasteiger partial charge in [-0.15, -0.1) is 11.6 Å². The molecule has 0 aliphatic carbocycles. The molecule has 0 saturated carbocycles. The summed E-state index contributed by atoms with van der Waals surface area (Å²) in [6.45, 7) is 7.06. The molecule has 4 nitrogen and oxygen atoms in total. The molecule has 0 radical (unpaired) electrons. The van der Waals surface area contributed by atoms with Crippen molar-refractivity contribution < 1.29 is 13.2 Å². The largest absolute Gasteiger partial charge is 0.378 e. The first-order valence-corrected chi connectivity index (χ1v) is 9.15. The molecule has 0 N–H and O–H groups in total. The number of nitrogens with zero attached hydrogens (tertiary/aromatic N) is 1. The number of hydrogen-bond acceptors (Lipinski definition) is 3. The summed E-state index contributed by atoms with van der Waals surface area (Å²) in [5.41, 5.74) is 2.58. The SMILES string of the molecule is CCC1COCCN1S(=O)(=O)c1cc(CCl)cc(C)c1C. The van der Waals surface area contributed by atoms with Crippen molar-refractivity contribution in [3.05, 3.63) is 28.8 Å². The molecule has 2 rings (SSSR count). The van der Waals surface area contributed by atoms with Crippen LogP contribution in [0.3, 0.4) is 0 Å². The van der Waals surface area contributed by atoms with Crippen LogP contribution >= 0.6 is 11.6 Å². The number of alkyl halides is 1. The van der Waals surface area contributed by atoms with Crippen molar-refractivity contribution >= 4 is 21.6 Å². The summed E-state index contributed by atoms with van der Waals surface area (Å²) in [7, 11) is -3.51. The number of morpholine rings is 1. The second-order valence-electron chi connectivity index (χ2n) is 5.42. The van der Waals surface area contributed by atoms with Gasteiger partial charge in [0, 0.05) is 18.5 Å². The minimum Gasteiger partial charge on any atom is -0.378 e. The van der Waals surface area contributed by atoms with Gasteiger partial charge in [0.25, 0.3) is 0 Å². The molecule has 1 fully saturated rings. The summed E-state index contributed by atoms with van der Waals surface area (Å²) in [6, 6.07) is 3.55. The Morgan fingerprint density at radius 1 is 1.38 bits per heavy atom. The van der Waals surface area contributed by atoms with Gasteiger partial charge in [0.05, 0.1) is 18.1 Å². The fourth-order valence-corrected chi connectivity index (χ4v) is 4.82. The highest BCUT2D eigenvalue weighted by Gasteiger charge is 2.34. The molecule has 0 aromatic heterocycles. The summed E-state index contributed by atoms with van der Waals surface area (Å²) in [5, 5.41) is 0. The van der Waals surface area contributed by atoms with Gasteiger partial charge in [0.1, 0.15) is 0 Å². The molecule has 1 aromatic carbocycles. The van der Waals surface area contributed by atoms with Crippen molar-refractivity contribution in [3.63, 3.8) is 0 Å². The van der Waals surface area contributed by atoms with E-state index in [0.29, 0.717) is 30.5 Å². The van der Waals surface area contributed by atoms with Crippen LogP contribution in [0, 0.1) is 13.8 Å². The zero-order valence-corrected chi connectivity index (χ0v) is 14.3. The molecule has 1 aliphatic heterocycles. The number of halogens is 1. The molecule has 1 aliphatic rings. The molecule has 1 aromatic rings. The molecule has 0 bridgehead atoms. The highest BCUT2D eigenvalue weighted by molar-refractivity contribution is 7.89. The molecule has 1 atom stereocenters. The maximum atomic E-state index is 13.0. The summed E-state index contributed by atoms with van der Waals surface area (Å²) >= 11 is 5.89. The minimum atomic E-state index is -3.51. The molecule has 21 heavy (non-hydrogen) atoms. The standard InChI is InChI=1S/C15H22ClNO3S/c1-4-14-10-20-6-5-17(14)21(18,19)15-8-13(9-16)7-11(2)12(15)3/h7-8,14H,4-6,9-10H2,1-3H3. The van der Waals surface area contributed by atoms with Gasteiger partial charge in [-0.25, -0.2) is 8.42 Å². The van der Waals surface area contributed by atoms with Crippen LogP contribution in [-0.2, 0) is 20.6 Å². The average Bonchev–Trinajstić information content (AvgIpc) is 2.49. The summed E-state index contributed by atoms with van der Waals surface area (Å²) in [5.74, 6) is 0.309. The maximum absolute atomic E-state index is 13.0. The zero-order valence-electron chi connectivity index (χ0n) is 12.7. The molecule has 1 heterocycles. The molecule has 118 valence electrons. The first-order chi connectivity index (χ1) is 9.91. The Kier molecular flexibility index (Phi) is 5.30. The van der Waals surface area contributed by atoms with E-state index in [1.807, 2.05) is 26.8 Å². The molecular formula is C15H22ClNO3S. The Bertz CT molecular complexity index is 616. The van der Waals surface area contributed by atoms with Gasteiger partial charge < -0.3 is 4.74 Å². The Morgan fingerprint density at radius 2 is 2.10 bits per heavy atom. The normalized spacial score (nSPS) is 20.7. The molecule has 1 saturated heterocycles. The molecule has 6 heteroatoms. The minimum absolute atomic E-state index is 0.0943. The molecule has 1 unspecified atom stereocenters. The van der Waals surface area contributed by atoms with Crippen molar-refractivity contribution in [2.75, 3.05) is 19.8 Å². The van der Waals surface area contributed by atoms with Crippen LogP contribution in [0.5, 0.6) is 0 Å². The van der Waals surface area contributed by atoms with E-state index in [4.69, 9.17) is 16.3 Å². The Balaban J connectivity index is 2.50. The smallest absolute Gasteiger partial charge is 0.243 e. The van der Waals surface area contributed by atoms with Crippen LogP contribution in [0.25, 0.3) is 0 Å². The lowest BCUT2D eigenvalue weighted by molar-refractivity contribution is 0.0314. The molecular weight excluding hydrogens is 310 g/mol. The van der Waals surface area contributed by atoms with E-state index in [-0.39, 0.29) is 6.04 Å². The van der Waals surface area contributed by atoms with E-state index >= 15 is 0 Å². The number of aryl methyl sites for hydroxylation is 1. The zero-order chi connectivity index (χ0) is 15.6. The lowest BCUT2D eigenvalue weighted by atomic mass is 10.1. The Labute approximate surface area is 132 Å². The third kappa shape index (κ3) is 3.26. The van der Waals surface area contributed by atoms with Gasteiger partial charge in [-0.2, -0.15) is 4.31 Å². The Morgan fingerprint density at radius 3 is 2.71 bits per heavy atom. The number of ether oxygens (including phenoxy) is 1. The van der Waals surface area contributed by atoms with E-state index in [0.717, 1.165) is 23.1 Å². The number of sulfonamides is 1. The van der Waals surface area contributed by atoms with Crippen molar-refractivity contribution in [1.29, 1.82) is 0 Å². The third-order valence-corrected chi connectivity index (χ3v) is 6.45. The highest BCUT2D eigenvalue weighted by Crippen LogP contribution is 2.28. The van der Waals surface area contributed by atoms with Gasteiger partial charge in [0.15, 0.2) is 0 Å². The van der Waals surface area contributed by atoms with Gasteiger partial charge >= 0.3 is 0 Å². The van der Waals surface area contributed by atoms with Crippen molar-refractivity contribution in [1.82, 2.24) is 4.31 Å². The van der Waals surface area contributed by atoms with Gasteiger partial charge in [-0.1, -0.05) is 13.0 Å². The second kappa shape index (κ2) is 6.65. The average molecular weight is 332 g/mol. The van der Waals surface area contributed by atoms with E-state index in [1.165, 1.54) is 0 Å². The summed E-state index contributed by atoms with van der Waals surface area (Å²) in [4.78, 5) is 0.374. The van der Waals surface area contributed by atoms with Crippen molar-refractivity contribution in [2.45, 2.75) is 44.0 Å². The quantitative estimate of drug-likeness (QED) is 0.797. The number of benzene rings is 1. The summed E-state index contributed by atoms with van der Waals surface area (Å²) < 4.78 is 33.0. The number of rotatable bonds is 4. The lowest BCUT2D eigenvalue weighted by Gasteiger charge is -2.34. The van der Waals surface area contributed by atoms with Crippen LogP contribution < -0.4 is 0 Å². The molecule has 0 amide bonds. The van der Waals surface area contributed by atoms with Crippen LogP contribution in [0.2, 0.25) is 0 Å². The fraction of sp³-hybridized carbons (Fsp3) is 0.600. The van der Waals surface area contributed by atoms with E-state index in [1.54, 1.807) is 10.4 Å². The lowest BCUT2D eigenvalue weighted by Crippen LogP contribution is -2.48. The monoisotopic (exact) mass is 331 g/mol. The van der Waals surface area contributed by atoms with Crippen LogP contribution in [-0.4, -0.2) is 38.5 Å². The maximum Gasteiger partial charge on any atom is 0.243 e. The number of hydrogen-bond donors (Lipinski definition) is 0. The van der Waals surface area contributed by atoms with E-state index in [9.17, 15) is 8.42 Å². The second-order valence-corrected chi connectivity index (χ2v) is 7.55. The van der Waals surface area contributed by atoms with Gasteiger partial charge in [-0.05, 0) is 43.0 Å². The first-order valence-electron chi connectivity index (χ1n) is 7.17. The predicted octanol–water partition coefficient (Wildman–Crippen LogP) is 2.84. The topological polar surface area (TPSA) is 46.6 Å². The predicted molar refractivity (Wildman–Crippen MR) is 84.3 cm³/mol. The third-order valence-electron chi connectivity index (χ3n) is 4.07. The van der Waals surface area contributed by atoms with Crippen LogP contribution in [0.4, 0.5) is 0 Å². The van der Waals surface area contributed by atoms with Crippen LogP contribution in [0.1, 0.15) is 30.0 Å². The van der Waals surface area contributed by atoms with Crippen molar-refractivity contribution in [3.8, 4) is 0 Å². The summed E-state index contributed by atoms with van der Waals surface area (Å²) in [6.07, 6.45) is 0.743. The van der Waals surface area contributed by atoms with E-state index in [2.05, 4.69) is 0 Å². The van der Waals surface area contributed by atoms with E-state index < -0.39 is 10.0 Å². The fourth-order valence-electron chi connectivity index (χ4n) is 2.65. The first kappa shape index (κ1) is 16.7. The van der Waals surface area contributed by atoms with Crippen molar-refractivity contribution in [2.24, 2.45) is 0 Å². The van der Waals surface area contributed by atoms with Gasteiger partial charge in [0.2, 0.25) is 10.0 Å². The van der Waals surface area contributed by atoms with Crippen LogP contribution in [0.15, 0.2) is 17.0 Å². The van der Waals surface area contributed by atoms with Gasteiger partial charge in [-0.3, -0.25) is 0 Å². The molecule has 0 spiro atoms.